The summed E-state index contributed by atoms with van der Waals surface area (Å²) in [6.45, 7) is 2.06. The molecule has 0 atom stereocenters. The van der Waals surface area contributed by atoms with E-state index >= 15 is 0 Å². The minimum absolute atomic E-state index is 0.177. The number of carbonyl (C=O) groups is 1. The number of benzene rings is 1. The molecule has 4 nitrogen and oxygen atoms in total. The van der Waals surface area contributed by atoms with E-state index in [2.05, 4.69) is 16.9 Å². The fourth-order valence-corrected chi connectivity index (χ4v) is 1.87. The lowest BCUT2D eigenvalue weighted by molar-refractivity contribution is 0.0721. The summed E-state index contributed by atoms with van der Waals surface area (Å²) in [4.78, 5) is 19.6. The molecular weight excluding hydrogens is 309 g/mol. The minimum atomic E-state index is -2.93. The van der Waals surface area contributed by atoms with Crippen LogP contribution in [0.1, 0.15) is 47.9 Å². The van der Waals surface area contributed by atoms with Crippen LogP contribution in [-0.2, 0) is 6.42 Å². The van der Waals surface area contributed by atoms with Crippen molar-refractivity contribution in [3.05, 3.63) is 53.4 Å². The molecule has 2 rings (SSSR count). The number of hydrogen-bond acceptors (Lipinski definition) is 4. The summed E-state index contributed by atoms with van der Waals surface area (Å²) in [5, 5.41) is 0. The number of rotatable bonds is 6. The molecule has 2 aromatic rings. The molecule has 0 N–H and O–H groups in total. The lowest BCUT2D eigenvalue weighted by Crippen LogP contribution is -2.13. The highest BCUT2D eigenvalue weighted by Gasteiger charge is 2.16. The van der Waals surface area contributed by atoms with Gasteiger partial charge in [0.1, 0.15) is 11.6 Å². The second-order valence-corrected chi connectivity index (χ2v) is 4.89. The van der Waals surface area contributed by atoms with Crippen molar-refractivity contribution in [2.24, 2.45) is 0 Å². The van der Waals surface area contributed by atoms with E-state index in [-0.39, 0.29) is 11.6 Å². The van der Waals surface area contributed by atoms with Crippen LogP contribution in [0.15, 0.2) is 30.6 Å². The van der Waals surface area contributed by atoms with E-state index in [1.807, 2.05) is 0 Å². The number of halogens is 3. The Hall–Kier alpha value is -2.44. The lowest BCUT2D eigenvalue weighted by Gasteiger charge is -2.06. The third kappa shape index (κ3) is 4.51. The number of ether oxygens (including phenoxy) is 1. The zero-order valence-corrected chi connectivity index (χ0v) is 12.4. The van der Waals surface area contributed by atoms with Gasteiger partial charge in [-0.1, -0.05) is 13.3 Å². The Morgan fingerprint density at radius 2 is 1.96 bits per heavy atom. The third-order valence-corrected chi connectivity index (χ3v) is 3.12. The number of hydrogen-bond donors (Lipinski definition) is 0. The molecule has 1 heterocycles. The molecule has 23 heavy (non-hydrogen) atoms. The van der Waals surface area contributed by atoms with Crippen LogP contribution in [0.3, 0.4) is 0 Å². The average molecular weight is 324 g/mol. The van der Waals surface area contributed by atoms with Gasteiger partial charge in [-0.25, -0.2) is 27.9 Å². The quantitative estimate of drug-likeness (QED) is 0.592. The van der Waals surface area contributed by atoms with Crippen molar-refractivity contribution in [2.45, 2.75) is 32.6 Å². The number of aromatic nitrogens is 2. The maximum Gasteiger partial charge on any atom is 0.381 e. The van der Waals surface area contributed by atoms with Crippen LogP contribution in [0.2, 0.25) is 0 Å². The van der Waals surface area contributed by atoms with E-state index in [1.165, 1.54) is 12.4 Å². The number of unbranched alkanes of at least 4 members (excludes halogenated alkanes) is 1. The predicted octanol–water partition coefficient (Wildman–Crippen LogP) is 4.12. The molecule has 0 spiro atoms. The van der Waals surface area contributed by atoms with Gasteiger partial charge in [-0.2, -0.15) is 0 Å². The zero-order chi connectivity index (χ0) is 16.8. The van der Waals surface area contributed by atoms with Crippen LogP contribution in [-0.4, -0.2) is 15.9 Å². The van der Waals surface area contributed by atoms with Gasteiger partial charge >= 0.3 is 5.97 Å². The largest absolute Gasteiger partial charge is 0.421 e. The second kappa shape index (κ2) is 7.71. The highest BCUT2D eigenvalue weighted by atomic mass is 19.3. The van der Waals surface area contributed by atoms with Crippen LogP contribution in [0.5, 0.6) is 5.75 Å². The number of alkyl halides is 2. The predicted molar refractivity (Wildman–Crippen MR) is 77.0 cm³/mol. The SMILES string of the molecule is CCCCc1cnc(C(=O)Oc2ccc(C(F)F)c(F)c2)nc1. The molecule has 1 aromatic carbocycles. The molecule has 0 bridgehead atoms. The van der Waals surface area contributed by atoms with Crippen molar-refractivity contribution in [1.82, 2.24) is 9.97 Å². The molecular formula is C16H15F3N2O2. The maximum absolute atomic E-state index is 13.4. The number of carbonyl (C=O) groups excluding carboxylic acids is 1. The van der Waals surface area contributed by atoms with Crippen LogP contribution >= 0.6 is 0 Å². The standard InChI is InChI=1S/C16H15F3N2O2/c1-2-3-4-10-8-20-15(21-9-10)16(22)23-11-5-6-12(14(18)19)13(17)7-11/h5-9,14H,2-4H2,1H3. The van der Waals surface area contributed by atoms with E-state index in [1.54, 1.807) is 0 Å². The van der Waals surface area contributed by atoms with E-state index in [0.717, 1.165) is 43.0 Å². The number of aryl methyl sites for hydroxylation is 1. The Morgan fingerprint density at radius 1 is 1.26 bits per heavy atom. The summed E-state index contributed by atoms with van der Waals surface area (Å²) < 4.78 is 43.2. The smallest absolute Gasteiger partial charge is 0.381 e. The highest BCUT2D eigenvalue weighted by molar-refractivity contribution is 5.86. The van der Waals surface area contributed by atoms with Crippen LogP contribution < -0.4 is 4.74 Å². The summed E-state index contributed by atoms with van der Waals surface area (Å²) in [6.07, 6.45) is 2.96. The molecule has 7 heteroatoms. The molecule has 0 radical (unpaired) electrons. The van der Waals surface area contributed by atoms with Crippen molar-refractivity contribution < 1.29 is 22.7 Å². The molecule has 0 unspecified atom stereocenters. The molecule has 122 valence electrons. The van der Waals surface area contributed by atoms with Gasteiger partial charge in [0.2, 0.25) is 5.82 Å². The summed E-state index contributed by atoms with van der Waals surface area (Å²) in [5.41, 5.74) is 0.150. The summed E-state index contributed by atoms with van der Waals surface area (Å²) >= 11 is 0. The molecule has 0 saturated carbocycles. The fourth-order valence-electron chi connectivity index (χ4n) is 1.87. The van der Waals surface area contributed by atoms with E-state index < -0.39 is 23.8 Å². The average Bonchev–Trinajstić information content (AvgIpc) is 2.53. The Labute approximate surface area is 131 Å². The molecule has 0 saturated heterocycles. The molecule has 0 amide bonds. The zero-order valence-electron chi connectivity index (χ0n) is 12.4. The van der Waals surface area contributed by atoms with Crippen molar-refractivity contribution in [2.75, 3.05) is 0 Å². The fraction of sp³-hybridized carbons (Fsp3) is 0.312. The monoisotopic (exact) mass is 324 g/mol. The highest BCUT2D eigenvalue weighted by Crippen LogP contribution is 2.25. The lowest BCUT2D eigenvalue weighted by atomic mass is 10.1. The topological polar surface area (TPSA) is 52.1 Å². The summed E-state index contributed by atoms with van der Waals surface area (Å²) in [6, 6.07) is 2.70. The van der Waals surface area contributed by atoms with Crippen molar-refractivity contribution in [1.29, 1.82) is 0 Å². The summed E-state index contributed by atoms with van der Waals surface area (Å²) in [7, 11) is 0. The van der Waals surface area contributed by atoms with Crippen molar-refractivity contribution in [3.8, 4) is 5.75 Å². The van der Waals surface area contributed by atoms with Crippen LogP contribution in [0.25, 0.3) is 0 Å². The first kappa shape index (κ1) is 16.9. The van der Waals surface area contributed by atoms with E-state index in [0.29, 0.717) is 0 Å². The Bertz CT molecular complexity index is 676. The van der Waals surface area contributed by atoms with Gasteiger partial charge in [-0.3, -0.25) is 0 Å². The Balaban J connectivity index is 2.05. The second-order valence-electron chi connectivity index (χ2n) is 4.89. The molecule has 0 aliphatic rings. The Kier molecular flexibility index (Phi) is 5.67. The van der Waals surface area contributed by atoms with Crippen LogP contribution in [0, 0.1) is 5.82 Å². The third-order valence-electron chi connectivity index (χ3n) is 3.12. The molecule has 1 aromatic heterocycles. The van der Waals surface area contributed by atoms with Gasteiger partial charge in [-0.05, 0) is 30.5 Å². The first-order chi connectivity index (χ1) is 11.0. The normalized spacial score (nSPS) is 10.8. The van der Waals surface area contributed by atoms with Gasteiger partial charge < -0.3 is 4.74 Å². The van der Waals surface area contributed by atoms with Crippen molar-refractivity contribution >= 4 is 5.97 Å². The van der Waals surface area contributed by atoms with E-state index in [9.17, 15) is 18.0 Å². The van der Waals surface area contributed by atoms with Gasteiger partial charge in [0.05, 0.1) is 5.56 Å². The number of nitrogens with zero attached hydrogens (tertiary/aromatic N) is 2. The van der Waals surface area contributed by atoms with Crippen LogP contribution in [0.4, 0.5) is 13.2 Å². The first-order valence-electron chi connectivity index (χ1n) is 7.12. The van der Waals surface area contributed by atoms with E-state index in [4.69, 9.17) is 4.74 Å². The van der Waals surface area contributed by atoms with Crippen molar-refractivity contribution in [3.63, 3.8) is 0 Å². The van der Waals surface area contributed by atoms with Gasteiger partial charge in [0, 0.05) is 18.5 Å². The summed E-state index contributed by atoms with van der Waals surface area (Å²) in [5.74, 6) is -2.38. The van der Waals surface area contributed by atoms with Gasteiger partial charge in [-0.15, -0.1) is 0 Å². The van der Waals surface area contributed by atoms with Gasteiger partial charge in [0.25, 0.3) is 6.43 Å². The number of esters is 1. The maximum atomic E-state index is 13.4. The minimum Gasteiger partial charge on any atom is -0.421 e. The molecule has 0 fully saturated rings. The Morgan fingerprint density at radius 3 is 2.52 bits per heavy atom. The molecule has 0 aliphatic heterocycles. The van der Waals surface area contributed by atoms with Gasteiger partial charge in [0.15, 0.2) is 0 Å². The molecule has 0 aliphatic carbocycles. The first-order valence-corrected chi connectivity index (χ1v) is 7.12.